The fourth-order valence-corrected chi connectivity index (χ4v) is 1.21. The molecule has 1 rings (SSSR count). The molecular formula is C8H15N3OS. The van der Waals surface area contributed by atoms with Crippen molar-refractivity contribution in [2.45, 2.75) is 39.4 Å². The van der Waals surface area contributed by atoms with Gasteiger partial charge < -0.3 is 10.5 Å². The number of nitrogens with two attached hydrogens (primary N) is 1. The molecule has 1 heterocycles. The van der Waals surface area contributed by atoms with Crippen LogP contribution in [0.15, 0.2) is 0 Å². The molecule has 1 aromatic heterocycles. The van der Waals surface area contributed by atoms with Crippen molar-refractivity contribution in [1.29, 1.82) is 0 Å². The van der Waals surface area contributed by atoms with Crippen molar-refractivity contribution in [3.63, 3.8) is 0 Å². The minimum absolute atomic E-state index is 0.0968. The third kappa shape index (κ3) is 3.28. The molecule has 0 spiro atoms. The average Bonchev–Trinajstić information content (AvgIpc) is 2.48. The molecule has 1 aromatic rings. The molecule has 13 heavy (non-hydrogen) atoms. The first kappa shape index (κ1) is 10.4. The zero-order valence-corrected chi connectivity index (χ0v) is 9.02. The summed E-state index contributed by atoms with van der Waals surface area (Å²) in [7, 11) is 0. The van der Waals surface area contributed by atoms with Gasteiger partial charge in [-0.25, -0.2) is 0 Å². The van der Waals surface area contributed by atoms with E-state index in [1.807, 2.05) is 0 Å². The fraction of sp³-hybridized carbons (Fsp3) is 0.750. The van der Waals surface area contributed by atoms with Gasteiger partial charge in [0.25, 0.3) is 0 Å². The molecule has 0 aliphatic rings. The van der Waals surface area contributed by atoms with E-state index in [2.05, 4.69) is 31.0 Å². The lowest BCUT2D eigenvalue weighted by molar-refractivity contribution is -0.0318. The molecule has 0 fully saturated rings. The predicted octanol–water partition coefficient (Wildman–Crippen LogP) is 1.83. The van der Waals surface area contributed by atoms with Crippen LogP contribution in [0.4, 0.5) is 5.13 Å². The van der Waals surface area contributed by atoms with Crippen LogP contribution in [0, 0.1) is 0 Å². The molecule has 0 unspecified atom stereocenters. The van der Waals surface area contributed by atoms with Crippen LogP contribution in [0.1, 0.15) is 32.2 Å². The topological polar surface area (TPSA) is 61.0 Å². The Labute approximate surface area is 82.1 Å². The van der Waals surface area contributed by atoms with Crippen LogP contribution in [0.2, 0.25) is 0 Å². The normalized spacial score (nSPS) is 11.9. The van der Waals surface area contributed by atoms with Gasteiger partial charge >= 0.3 is 0 Å². The molecule has 0 aliphatic heterocycles. The highest BCUT2D eigenvalue weighted by Crippen LogP contribution is 2.18. The van der Waals surface area contributed by atoms with E-state index in [0.717, 1.165) is 11.4 Å². The number of ether oxygens (including phenoxy) is 1. The summed E-state index contributed by atoms with van der Waals surface area (Å²) >= 11 is 1.37. The van der Waals surface area contributed by atoms with Gasteiger partial charge in [0.15, 0.2) is 0 Å². The molecule has 0 amide bonds. The molecular weight excluding hydrogens is 186 g/mol. The number of rotatable bonds is 4. The Balaban J connectivity index is 2.43. The van der Waals surface area contributed by atoms with Crippen molar-refractivity contribution in [3.05, 3.63) is 5.01 Å². The molecule has 0 aliphatic carbocycles. The van der Waals surface area contributed by atoms with Gasteiger partial charge in [-0.1, -0.05) is 18.3 Å². The van der Waals surface area contributed by atoms with E-state index in [9.17, 15) is 0 Å². The fourth-order valence-electron chi connectivity index (χ4n) is 0.684. The SMILES string of the molecule is CCC(C)(C)OCc1nnc(N)s1. The van der Waals surface area contributed by atoms with Gasteiger partial charge in [-0.15, -0.1) is 10.2 Å². The van der Waals surface area contributed by atoms with Crippen molar-refractivity contribution in [1.82, 2.24) is 10.2 Å². The molecule has 0 bridgehead atoms. The lowest BCUT2D eigenvalue weighted by atomic mass is 10.1. The van der Waals surface area contributed by atoms with Gasteiger partial charge in [-0.05, 0) is 20.3 Å². The van der Waals surface area contributed by atoms with Crippen LogP contribution in [0.5, 0.6) is 0 Å². The number of hydrogen-bond donors (Lipinski definition) is 1. The van der Waals surface area contributed by atoms with Crippen LogP contribution >= 0.6 is 11.3 Å². The van der Waals surface area contributed by atoms with Gasteiger partial charge in [0, 0.05) is 0 Å². The van der Waals surface area contributed by atoms with Crippen molar-refractivity contribution in [3.8, 4) is 0 Å². The second-order valence-electron chi connectivity index (χ2n) is 3.44. The second-order valence-corrected chi connectivity index (χ2v) is 4.53. The van der Waals surface area contributed by atoms with Crippen LogP contribution in [0.3, 0.4) is 0 Å². The van der Waals surface area contributed by atoms with Crippen LogP contribution in [0.25, 0.3) is 0 Å². The van der Waals surface area contributed by atoms with E-state index in [1.165, 1.54) is 11.3 Å². The number of hydrogen-bond acceptors (Lipinski definition) is 5. The molecule has 2 N–H and O–H groups in total. The Kier molecular flexibility index (Phi) is 3.22. The Morgan fingerprint density at radius 3 is 2.62 bits per heavy atom. The van der Waals surface area contributed by atoms with E-state index in [-0.39, 0.29) is 5.60 Å². The van der Waals surface area contributed by atoms with E-state index in [0.29, 0.717) is 11.7 Å². The number of nitrogen functional groups attached to an aromatic ring is 1. The first-order chi connectivity index (χ1) is 6.03. The highest BCUT2D eigenvalue weighted by molar-refractivity contribution is 7.15. The van der Waals surface area contributed by atoms with Crippen LogP contribution < -0.4 is 5.73 Å². The zero-order chi connectivity index (χ0) is 9.90. The minimum atomic E-state index is -0.0968. The molecule has 4 nitrogen and oxygen atoms in total. The monoisotopic (exact) mass is 201 g/mol. The third-order valence-corrected chi connectivity index (χ3v) is 2.65. The van der Waals surface area contributed by atoms with E-state index in [4.69, 9.17) is 10.5 Å². The van der Waals surface area contributed by atoms with Gasteiger partial charge in [-0.2, -0.15) is 0 Å². The number of anilines is 1. The van der Waals surface area contributed by atoms with Crippen molar-refractivity contribution in [2.24, 2.45) is 0 Å². The lowest BCUT2D eigenvalue weighted by Crippen LogP contribution is -2.22. The Morgan fingerprint density at radius 2 is 2.15 bits per heavy atom. The first-order valence-corrected chi connectivity index (χ1v) is 5.07. The standard InChI is InChI=1S/C8H15N3OS/c1-4-8(2,3)12-5-6-10-11-7(9)13-6/h4-5H2,1-3H3,(H2,9,11). The summed E-state index contributed by atoms with van der Waals surface area (Å²) in [6.45, 7) is 6.69. The summed E-state index contributed by atoms with van der Waals surface area (Å²) in [5.41, 5.74) is 5.34. The molecule has 0 saturated carbocycles. The van der Waals surface area contributed by atoms with E-state index < -0.39 is 0 Å². The maximum absolute atomic E-state index is 5.63. The predicted molar refractivity (Wildman–Crippen MR) is 53.5 cm³/mol. The Morgan fingerprint density at radius 1 is 1.46 bits per heavy atom. The summed E-state index contributed by atoms with van der Waals surface area (Å²) < 4.78 is 5.63. The highest BCUT2D eigenvalue weighted by atomic mass is 32.1. The average molecular weight is 201 g/mol. The minimum Gasteiger partial charge on any atom is -0.374 e. The second kappa shape index (κ2) is 4.02. The molecule has 0 aromatic carbocycles. The maximum Gasteiger partial charge on any atom is 0.203 e. The van der Waals surface area contributed by atoms with Crippen molar-refractivity contribution < 1.29 is 4.74 Å². The highest BCUT2D eigenvalue weighted by Gasteiger charge is 2.16. The summed E-state index contributed by atoms with van der Waals surface area (Å²) in [6, 6.07) is 0. The van der Waals surface area contributed by atoms with Crippen molar-refractivity contribution in [2.75, 3.05) is 5.73 Å². The molecule has 74 valence electrons. The molecule has 5 heteroatoms. The number of nitrogens with zero attached hydrogens (tertiary/aromatic N) is 2. The van der Waals surface area contributed by atoms with E-state index >= 15 is 0 Å². The van der Waals surface area contributed by atoms with Crippen LogP contribution in [-0.2, 0) is 11.3 Å². The van der Waals surface area contributed by atoms with Gasteiger partial charge in [0.2, 0.25) is 5.13 Å². The third-order valence-electron chi connectivity index (χ3n) is 1.92. The zero-order valence-electron chi connectivity index (χ0n) is 8.20. The largest absolute Gasteiger partial charge is 0.374 e. The smallest absolute Gasteiger partial charge is 0.203 e. The maximum atomic E-state index is 5.63. The molecule has 0 atom stereocenters. The van der Waals surface area contributed by atoms with Crippen molar-refractivity contribution >= 4 is 16.5 Å². The summed E-state index contributed by atoms with van der Waals surface area (Å²) in [4.78, 5) is 0. The Bertz CT molecular complexity index is 272. The molecule has 0 saturated heterocycles. The van der Waals surface area contributed by atoms with E-state index in [1.54, 1.807) is 0 Å². The first-order valence-electron chi connectivity index (χ1n) is 4.25. The summed E-state index contributed by atoms with van der Waals surface area (Å²) in [6.07, 6.45) is 0.973. The van der Waals surface area contributed by atoms with Gasteiger partial charge in [-0.3, -0.25) is 0 Å². The lowest BCUT2D eigenvalue weighted by Gasteiger charge is -2.22. The summed E-state index contributed by atoms with van der Waals surface area (Å²) in [5, 5.41) is 8.91. The molecule has 0 radical (unpaired) electrons. The quantitative estimate of drug-likeness (QED) is 0.807. The summed E-state index contributed by atoms with van der Waals surface area (Å²) in [5.74, 6) is 0. The van der Waals surface area contributed by atoms with Gasteiger partial charge in [0.1, 0.15) is 11.6 Å². The van der Waals surface area contributed by atoms with Gasteiger partial charge in [0.05, 0.1) is 5.60 Å². The van der Waals surface area contributed by atoms with Crippen LogP contribution in [-0.4, -0.2) is 15.8 Å². The number of aromatic nitrogens is 2. The Hall–Kier alpha value is -0.680.